The number of halogens is 2. The van der Waals surface area contributed by atoms with Crippen LogP contribution in [0.4, 0.5) is 8.78 Å². The molecule has 1 aliphatic rings. The number of rotatable bonds is 1. The summed E-state index contributed by atoms with van der Waals surface area (Å²) in [5, 5.41) is 3.19. The molecule has 0 aromatic heterocycles. The predicted octanol–water partition coefficient (Wildman–Crippen LogP) is 3.20. The summed E-state index contributed by atoms with van der Waals surface area (Å²) in [7, 11) is 0. The SMILES string of the molecule is Fc1cccc(F)c1C1NCCc2ccccc21. The second-order valence-corrected chi connectivity index (χ2v) is 4.47. The van der Waals surface area contributed by atoms with Gasteiger partial charge in [0.2, 0.25) is 0 Å². The van der Waals surface area contributed by atoms with Crippen LogP contribution in [0.15, 0.2) is 42.5 Å². The maximum Gasteiger partial charge on any atom is 0.131 e. The standard InChI is InChI=1S/C15H13F2N/c16-12-6-3-7-13(17)14(12)15-11-5-2-1-4-10(11)8-9-18-15/h1-7,15,18H,8-9H2. The average Bonchev–Trinajstić information content (AvgIpc) is 2.39. The minimum atomic E-state index is -0.496. The van der Waals surface area contributed by atoms with E-state index in [1.807, 2.05) is 24.3 Å². The van der Waals surface area contributed by atoms with Crippen LogP contribution < -0.4 is 5.32 Å². The topological polar surface area (TPSA) is 12.0 Å². The third-order valence-electron chi connectivity index (χ3n) is 3.40. The number of nitrogens with one attached hydrogen (secondary N) is 1. The fraction of sp³-hybridized carbons (Fsp3) is 0.200. The molecule has 1 aliphatic heterocycles. The van der Waals surface area contributed by atoms with Crippen LogP contribution in [0.3, 0.4) is 0 Å². The summed E-state index contributed by atoms with van der Waals surface area (Å²) in [5.74, 6) is -0.992. The van der Waals surface area contributed by atoms with Gasteiger partial charge < -0.3 is 5.32 Å². The molecule has 3 rings (SSSR count). The van der Waals surface area contributed by atoms with E-state index >= 15 is 0 Å². The summed E-state index contributed by atoms with van der Waals surface area (Å²) in [4.78, 5) is 0. The van der Waals surface area contributed by atoms with Crippen LogP contribution in [0, 0.1) is 11.6 Å². The highest BCUT2D eigenvalue weighted by molar-refractivity contribution is 5.40. The van der Waals surface area contributed by atoms with Gasteiger partial charge in [-0.2, -0.15) is 0 Å². The summed E-state index contributed by atoms with van der Waals surface area (Å²) in [6.45, 7) is 0.732. The minimum Gasteiger partial charge on any atom is -0.306 e. The van der Waals surface area contributed by atoms with Crippen molar-refractivity contribution in [2.45, 2.75) is 12.5 Å². The van der Waals surface area contributed by atoms with Crippen LogP contribution in [0.2, 0.25) is 0 Å². The highest BCUT2D eigenvalue weighted by Gasteiger charge is 2.25. The van der Waals surface area contributed by atoms with Crippen LogP contribution in [0.1, 0.15) is 22.7 Å². The summed E-state index contributed by atoms with van der Waals surface area (Å²) >= 11 is 0. The number of benzene rings is 2. The molecule has 0 bridgehead atoms. The van der Waals surface area contributed by atoms with Gasteiger partial charge in [0.05, 0.1) is 6.04 Å². The van der Waals surface area contributed by atoms with Crippen LogP contribution in [-0.4, -0.2) is 6.54 Å². The van der Waals surface area contributed by atoms with E-state index in [2.05, 4.69) is 5.32 Å². The van der Waals surface area contributed by atoms with Crippen LogP contribution in [-0.2, 0) is 6.42 Å². The first-order valence-corrected chi connectivity index (χ1v) is 6.02. The zero-order chi connectivity index (χ0) is 12.5. The van der Waals surface area contributed by atoms with Crippen molar-refractivity contribution in [3.8, 4) is 0 Å². The molecule has 0 spiro atoms. The van der Waals surface area contributed by atoms with Crippen LogP contribution >= 0.6 is 0 Å². The quantitative estimate of drug-likeness (QED) is 0.813. The molecule has 2 aromatic carbocycles. The van der Waals surface area contributed by atoms with E-state index in [1.54, 1.807) is 0 Å². The van der Waals surface area contributed by atoms with Crippen molar-refractivity contribution in [2.75, 3.05) is 6.54 Å². The molecule has 1 unspecified atom stereocenters. The minimum absolute atomic E-state index is 0.115. The Kier molecular flexibility index (Phi) is 2.84. The third kappa shape index (κ3) is 1.81. The maximum absolute atomic E-state index is 13.8. The zero-order valence-corrected chi connectivity index (χ0v) is 9.79. The molecular formula is C15H13F2N. The molecule has 1 N–H and O–H groups in total. The van der Waals surface area contributed by atoms with Gasteiger partial charge in [-0.1, -0.05) is 30.3 Å². The molecule has 1 atom stereocenters. The van der Waals surface area contributed by atoms with Gasteiger partial charge in [0.1, 0.15) is 11.6 Å². The molecule has 0 saturated heterocycles. The van der Waals surface area contributed by atoms with E-state index < -0.39 is 17.7 Å². The van der Waals surface area contributed by atoms with Gasteiger partial charge in [0.25, 0.3) is 0 Å². The fourth-order valence-corrected chi connectivity index (χ4v) is 2.55. The molecule has 1 heterocycles. The van der Waals surface area contributed by atoms with Crippen molar-refractivity contribution >= 4 is 0 Å². The lowest BCUT2D eigenvalue weighted by molar-refractivity contribution is 0.490. The van der Waals surface area contributed by atoms with E-state index in [-0.39, 0.29) is 5.56 Å². The Hall–Kier alpha value is -1.74. The van der Waals surface area contributed by atoms with E-state index in [9.17, 15) is 8.78 Å². The van der Waals surface area contributed by atoms with Gasteiger partial charge in [-0.15, -0.1) is 0 Å². The second kappa shape index (κ2) is 4.50. The van der Waals surface area contributed by atoms with Crippen molar-refractivity contribution in [3.05, 3.63) is 70.8 Å². The molecule has 0 radical (unpaired) electrons. The third-order valence-corrected chi connectivity index (χ3v) is 3.40. The lowest BCUT2D eigenvalue weighted by Crippen LogP contribution is -2.31. The van der Waals surface area contributed by atoms with Gasteiger partial charge >= 0.3 is 0 Å². The summed E-state index contributed by atoms with van der Waals surface area (Å²) in [6.07, 6.45) is 0.892. The van der Waals surface area contributed by atoms with Crippen molar-refractivity contribution in [1.29, 1.82) is 0 Å². The molecule has 2 aromatic rings. The average molecular weight is 245 g/mol. The van der Waals surface area contributed by atoms with Crippen LogP contribution in [0.5, 0.6) is 0 Å². The first-order valence-electron chi connectivity index (χ1n) is 6.02. The van der Waals surface area contributed by atoms with Crippen molar-refractivity contribution in [2.24, 2.45) is 0 Å². The van der Waals surface area contributed by atoms with Crippen molar-refractivity contribution in [3.63, 3.8) is 0 Å². The fourth-order valence-electron chi connectivity index (χ4n) is 2.55. The lowest BCUT2D eigenvalue weighted by Gasteiger charge is -2.27. The Morgan fingerprint density at radius 1 is 0.944 bits per heavy atom. The number of hydrogen-bond donors (Lipinski definition) is 1. The molecule has 0 amide bonds. The smallest absolute Gasteiger partial charge is 0.131 e. The Morgan fingerprint density at radius 2 is 1.67 bits per heavy atom. The van der Waals surface area contributed by atoms with E-state index in [0.29, 0.717) is 0 Å². The Bertz CT molecular complexity index is 560. The van der Waals surface area contributed by atoms with Crippen molar-refractivity contribution < 1.29 is 8.78 Å². The van der Waals surface area contributed by atoms with Gasteiger partial charge in [0.15, 0.2) is 0 Å². The Labute approximate surface area is 104 Å². The number of hydrogen-bond acceptors (Lipinski definition) is 1. The Balaban J connectivity index is 2.14. The monoisotopic (exact) mass is 245 g/mol. The summed E-state index contributed by atoms with van der Waals surface area (Å²) in [5.41, 5.74) is 2.24. The van der Waals surface area contributed by atoms with Gasteiger partial charge in [-0.05, 0) is 29.7 Å². The molecule has 3 heteroatoms. The van der Waals surface area contributed by atoms with E-state index in [1.165, 1.54) is 18.2 Å². The van der Waals surface area contributed by atoms with Crippen molar-refractivity contribution in [1.82, 2.24) is 5.32 Å². The lowest BCUT2D eigenvalue weighted by atomic mass is 9.89. The highest BCUT2D eigenvalue weighted by Crippen LogP contribution is 2.31. The van der Waals surface area contributed by atoms with Crippen LogP contribution in [0.25, 0.3) is 0 Å². The first kappa shape index (κ1) is 11.4. The van der Waals surface area contributed by atoms with Gasteiger partial charge in [0, 0.05) is 12.1 Å². The molecule has 0 aliphatic carbocycles. The molecule has 1 nitrogen and oxygen atoms in total. The molecule has 92 valence electrons. The van der Waals surface area contributed by atoms with Gasteiger partial charge in [-0.3, -0.25) is 0 Å². The van der Waals surface area contributed by atoms with E-state index in [0.717, 1.165) is 24.1 Å². The van der Waals surface area contributed by atoms with E-state index in [4.69, 9.17) is 0 Å². The predicted molar refractivity (Wildman–Crippen MR) is 66.3 cm³/mol. The number of fused-ring (bicyclic) bond motifs is 1. The normalized spacial score (nSPS) is 18.4. The molecule has 18 heavy (non-hydrogen) atoms. The van der Waals surface area contributed by atoms with Gasteiger partial charge in [-0.25, -0.2) is 8.78 Å². The molecular weight excluding hydrogens is 232 g/mol. The second-order valence-electron chi connectivity index (χ2n) is 4.47. The Morgan fingerprint density at radius 3 is 2.44 bits per heavy atom. The largest absolute Gasteiger partial charge is 0.306 e. The highest BCUT2D eigenvalue weighted by atomic mass is 19.1. The first-order chi connectivity index (χ1) is 8.77. The maximum atomic E-state index is 13.8. The molecule has 0 saturated carbocycles. The zero-order valence-electron chi connectivity index (χ0n) is 9.79. The summed E-state index contributed by atoms with van der Waals surface area (Å²) < 4.78 is 27.7. The molecule has 0 fully saturated rings. The summed E-state index contributed by atoms with van der Waals surface area (Å²) in [6, 6.07) is 11.4.